The largest absolute Gasteiger partial charge is 0.497 e. The number of carboxylic acid groups (broad SMARTS) is 1. The Bertz CT molecular complexity index is 934. The molecule has 1 aromatic carbocycles. The van der Waals surface area contributed by atoms with Crippen LogP contribution in [-0.4, -0.2) is 47.7 Å². The Hall–Kier alpha value is -1.85. The van der Waals surface area contributed by atoms with Crippen molar-refractivity contribution in [3.63, 3.8) is 0 Å². The molecule has 5 nitrogen and oxygen atoms in total. The van der Waals surface area contributed by atoms with Gasteiger partial charge in [0.2, 0.25) is 0 Å². The lowest BCUT2D eigenvalue weighted by atomic mass is 9.74. The topological polar surface area (TPSA) is 62.7 Å². The summed E-state index contributed by atoms with van der Waals surface area (Å²) in [4.78, 5) is 19.2. The van der Waals surface area contributed by atoms with Crippen LogP contribution in [0.4, 0.5) is 0 Å². The van der Waals surface area contributed by atoms with E-state index in [0.717, 1.165) is 73.5 Å². The molecule has 2 heterocycles. The molecule has 1 aromatic heterocycles. The van der Waals surface area contributed by atoms with Crippen molar-refractivity contribution in [2.45, 2.75) is 64.2 Å². The van der Waals surface area contributed by atoms with Crippen molar-refractivity contribution in [1.82, 2.24) is 9.88 Å². The molecule has 2 aliphatic rings. The molecule has 1 aliphatic carbocycles. The number of hydrogen-bond donors (Lipinski definition) is 1. The van der Waals surface area contributed by atoms with Crippen molar-refractivity contribution in [2.75, 3.05) is 26.7 Å². The number of nitrogens with zero attached hydrogens (tertiary/aromatic N) is 2. The third kappa shape index (κ3) is 5.20. The van der Waals surface area contributed by atoms with Crippen LogP contribution in [0.15, 0.2) is 24.4 Å². The van der Waals surface area contributed by atoms with Gasteiger partial charge in [-0.15, -0.1) is 0 Å². The Morgan fingerprint density at radius 3 is 2.72 bits per heavy atom. The van der Waals surface area contributed by atoms with E-state index < -0.39 is 11.4 Å². The first kappa shape index (κ1) is 23.3. The lowest BCUT2D eigenvalue weighted by molar-refractivity contribution is -0.152. The lowest BCUT2D eigenvalue weighted by Gasteiger charge is -2.39. The van der Waals surface area contributed by atoms with Crippen LogP contribution in [0, 0.1) is 11.3 Å². The maximum Gasteiger partial charge on any atom is 0.309 e. The second kappa shape index (κ2) is 10.4. The summed E-state index contributed by atoms with van der Waals surface area (Å²) < 4.78 is 5.37. The number of aromatic nitrogens is 1. The number of fused-ring (bicyclic) bond motifs is 1. The third-order valence-corrected chi connectivity index (χ3v) is 8.14. The predicted molar refractivity (Wildman–Crippen MR) is 129 cm³/mol. The van der Waals surface area contributed by atoms with Crippen LogP contribution >= 0.6 is 11.6 Å². The Kier molecular flexibility index (Phi) is 7.57. The number of benzene rings is 1. The number of carbonyl (C=O) groups is 1. The SMILES string of the molecule is COc1ccc2ncc(Cl)c(CCCC3(C(=O)O)CCN(CCC4CCCC4)CC3)c2c1. The van der Waals surface area contributed by atoms with E-state index in [4.69, 9.17) is 16.3 Å². The molecule has 1 N–H and O–H groups in total. The molecular weight excluding hydrogens is 424 g/mol. The predicted octanol–water partition coefficient (Wildman–Crippen LogP) is 5.97. The zero-order chi connectivity index (χ0) is 22.6. The van der Waals surface area contributed by atoms with Crippen LogP contribution in [0.1, 0.15) is 63.4 Å². The smallest absolute Gasteiger partial charge is 0.309 e. The molecule has 1 saturated heterocycles. The Balaban J connectivity index is 1.37. The summed E-state index contributed by atoms with van der Waals surface area (Å²) in [5, 5.41) is 11.7. The molecule has 32 heavy (non-hydrogen) atoms. The van der Waals surface area contributed by atoms with Gasteiger partial charge in [0.15, 0.2) is 0 Å². The van der Waals surface area contributed by atoms with Crippen LogP contribution in [0.25, 0.3) is 10.9 Å². The number of aliphatic carboxylic acids is 1. The molecule has 0 bridgehead atoms. The number of likely N-dealkylation sites (tertiary alicyclic amines) is 1. The van der Waals surface area contributed by atoms with Crippen molar-refractivity contribution in [3.05, 3.63) is 35.0 Å². The fourth-order valence-electron chi connectivity index (χ4n) is 5.63. The van der Waals surface area contributed by atoms with Crippen LogP contribution in [0.2, 0.25) is 5.02 Å². The number of pyridine rings is 1. The first-order valence-corrected chi connectivity index (χ1v) is 12.5. The molecule has 0 unspecified atom stereocenters. The van der Waals surface area contributed by atoms with Crippen molar-refractivity contribution in [1.29, 1.82) is 0 Å². The Morgan fingerprint density at radius 2 is 2.03 bits per heavy atom. The molecule has 2 aromatic rings. The summed E-state index contributed by atoms with van der Waals surface area (Å²) in [5.74, 6) is 1.02. The first-order valence-electron chi connectivity index (χ1n) is 12.1. The highest BCUT2D eigenvalue weighted by atomic mass is 35.5. The minimum atomic E-state index is -0.639. The number of aryl methyl sites for hydroxylation is 1. The highest BCUT2D eigenvalue weighted by Gasteiger charge is 2.41. The van der Waals surface area contributed by atoms with Gasteiger partial charge in [-0.1, -0.05) is 37.3 Å². The summed E-state index contributed by atoms with van der Waals surface area (Å²) in [6.45, 7) is 2.92. The van der Waals surface area contributed by atoms with Crippen molar-refractivity contribution in [3.8, 4) is 5.75 Å². The van der Waals surface area contributed by atoms with Crippen molar-refractivity contribution < 1.29 is 14.6 Å². The molecule has 0 amide bonds. The maximum atomic E-state index is 12.3. The van der Waals surface area contributed by atoms with E-state index in [0.29, 0.717) is 11.4 Å². The summed E-state index contributed by atoms with van der Waals surface area (Å²) >= 11 is 6.50. The first-order chi connectivity index (χ1) is 15.5. The minimum Gasteiger partial charge on any atom is -0.497 e. The highest BCUT2D eigenvalue weighted by molar-refractivity contribution is 6.32. The van der Waals surface area contributed by atoms with E-state index in [1.165, 1.54) is 32.1 Å². The molecule has 6 heteroatoms. The van der Waals surface area contributed by atoms with E-state index in [-0.39, 0.29) is 0 Å². The van der Waals surface area contributed by atoms with Gasteiger partial charge in [0, 0.05) is 11.6 Å². The van der Waals surface area contributed by atoms with Crippen LogP contribution in [-0.2, 0) is 11.2 Å². The summed E-state index contributed by atoms with van der Waals surface area (Å²) in [7, 11) is 1.65. The number of hydrogen-bond acceptors (Lipinski definition) is 4. The van der Waals surface area contributed by atoms with E-state index in [1.54, 1.807) is 13.3 Å². The zero-order valence-corrected chi connectivity index (χ0v) is 19.9. The van der Waals surface area contributed by atoms with Gasteiger partial charge < -0.3 is 14.7 Å². The summed E-state index contributed by atoms with van der Waals surface area (Å²) in [5.41, 5.74) is 1.30. The van der Waals surface area contributed by atoms with Gasteiger partial charge in [-0.25, -0.2) is 0 Å². The number of carboxylic acids is 1. The minimum absolute atomic E-state index is 0.614. The second-order valence-electron chi connectivity index (χ2n) is 9.69. The van der Waals surface area contributed by atoms with Crippen molar-refractivity contribution in [2.24, 2.45) is 11.3 Å². The van der Waals surface area contributed by atoms with E-state index >= 15 is 0 Å². The van der Waals surface area contributed by atoms with Crippen molar-refractivity contribution >= 4 is 28.5 Å². The van der Waals surface area contributed by atoms with Gasteiger partial charge in [-0.3, -0.25) is 9.78 Å². The van der Waals surface area contributed by atoms with Gasteiger partial charge in [-0.05, 0) is 87.8 Å². The molecule has 0 spiro atoms. The van der Waals surface area contributed by atoms with Gasteiger partial charge in [0.25, 0.3) is 0 Å². The molecule has 4 rings (SSSR count). The van der Waals surface area contributed by atoms with Crippen LogP contribution in [0.5, 0.6) is 5.75 Å². The molecule has 2 fully saturated rings. The normalized spacial score (nSPS) is 19.4. The highest BCUT2D eigenvalue weighted by Crippen LogP contribution is 2.38. The number of rotatable bonds is 9. The molecule has 174 valence electrons. The molecule has 1 aliphatic heterocycles. The summed E-state index contributed by atoms with van der Waals surface area (Å²) in [6.07, 6.45) is 12.2. The number of ether oxygens (including phenoxy) is 1. The lowest BCUT2D eigenvalue weighted by Crippen LogP contribution is -2.44. The van der Waals surface area contributed by atoms with Gasteiger partial charge in [-0.2, -0.15) is 0 Å². The molecule has 1 saturated carbocycles. The monoisotopic (exact) mass is 458 g/mol. The van der Waals surface area contributed by atoms with Crippen LogP contribution < -0.4 is 4.74 Å². The third-order valence-electron chi connectivity index (χ3n) is 7.81. The standard InChI is InChI=1S/C26H35ClN2O3/c1-32-20-8-9-24-22(17-20)21(23(27)18-28-24)7-4-11-26(25(30)31)12-15-29(16-13-26)14-10-19-5-2-3-6-19/h8-9,17-19H,2-7,10-16H2,1H3,(H,30,31). The maximum absolute atomic E-state index is 12.3. The fourth-order valence-corrected chi connectivity index (χ4v) is 5.87. The Labute approximate surface area is 196 Å². The quantitative estimate of drug-likeness (QED) is 0.501. The average molecular weight is 459 g/mol. The van der Waals surface area contributed by atoms with E-state index in [2.05, 4.69) is 9.88 Å². The summed E-state index contributed by atoms with van der Waals surface area (Å²) in [6, 6.07) is 5.81. The van der Waals surface area contributed by atoms with Crippen LogP contribution in [0.3, 0.4) is 0 Å². The van der Waals surface area contributed by atoms with E-state index in [9.17, 15) is 9.90 Å². The van der Waals surface area contributed by atoms with Gasteiger partial charge in [0.05, 0.1) is 23.1 Å². The number of halogens is 1. The molecule has 0 atom stereocenters. The van der Waals surface area contributed by atoms with Gasteiger partial charge in [0.1, 0.15) is 5.75 Å². The molecule has 0 radical (unpaired) electrons. The van der Waals surface area contributed by atoms with E-state index in [1.807, 2.05) is 18.2 Å². The molecular formula is C26H35ClN2O3. The van der Waals surface area contributed by atoms with Gasteiger partial charge >= 0.3 is 5.97 Å². The Morgan fingerprint density at radius 1 is 1.28 bits per heavy atom. The second-order valence-corrected chi connectivity index (χ2v) is 10.1. The zero-order valence-electron chi connectivity index (χ0n) is 19.1. The fraction of sp³-hybridized carbons (Fsp3) is 0.615. The average Bonchev–Trinajstić information content (AvgIpc) is 3.33. The number of methoxy groups -OCH3 is 1. The number of piperidine rings is 1.